The molecule has 96 valence electrons. The molecule has 2 atom stereocenters. The van der Waals surface area contributed by atoms with Crippen molar-refractivity contribution in [2.24, 2.45) is 0 Å². The summed E-state index contributed by atoms with van der Waals surface area (Å²) in [5, 5.41) is 13.9. The number of aliphatic carboxylic acids is 1. The van der Waals surface area contributed by atoms with E-state index in [9.17, 15) is 23.5 Å². The van der Waals surface area contributed by atoms with Gasteiger partial charge >= 0.3 is 6.03 Å². The summed E-state index contributed by atoms with van der Waals surface area (Å²) in [6.45, 7) is 0.270. The fourth-order valence-corrected chi connectivity index (χ4v) is 2.36. The lowest BCUT2D eigenvalue weighted by atomic mass is 10.1. The van der Waals surface area contributed by atoms with Crippen molar-refractivity contribution in [1.29, 1.82) is 0 Å². The van der Waals surface area contributed by atoms with E-state index in [1.165, 1.54) is 4.90 Å². The largest absolute Gasteiger partial charge is 0.548 e. The van der Waals surface area contributed by atoms with Crippen LogP contribution in [-0.4, -0.2) is 66.5 Å². The van der Waals surface area contributed by atoms with Crippen molar-refractivity contribution in [1.82, 2.24) is 15.1 Å². The average molecular weight is 248 g/mol. The van der Waals surface area contributed by atoms with Gasteiger partial charge in [-0.15, -0.1) is 0 Å². The maximum Gasteiger partial charge on any atom is 0.321 e. The summed E-state index contributed by atoms with van der Waals surface area (Å²) < 4.78 is 24.7. The van der Waals surface area contributed by atoms with E-state index in [-0.39, 0.29) is 6.54 Å². The normalized spacial score (nSPS) is 28.8. The van der Waals surface area contributed by atoms with Crippen LogP contribution in [0.2, 0.25) is 0 Å². The molecule has 2 saturated heterocycles. The predicted octanol–water partition coefficient (Wildman–Crippen LogP) is -1.92. The van der Waals surface area contributed by atoms with Crippen LogP contribution in [0.25, 0.3) is 0 Å². The Morgan fingerprint density at radius 2 is 2.29 bits per heavy atom. The highest BCUT2D eigenvalue weighted by Crippen LogP contribution is 2.24. The summed E-state index contributed by atoms with van der Waals surface area (Å²) in [6.07, 6.45) is -2.75. The van der Waals surface area contributed by atoms with Crippen LogP contribution in [0.1, 0.15) is 0 Å². The summed E-state index contributed by atoms with van der Waals surface area (Å²) in [6, 6.07) is -2.57. The lowest BCUT2D eigenvalue weighted by Crippen LogP contribution is -2.57. The lowest BCUT2D eigenvalue weighted by molar-refractivity contribution is -0.311. The number of rotatable bonds is 3. The number of alkyl halides is 2. The monoisotopic (exact) mass is 248 g/mol. The molecule has 2 aliphatic rings. The molecule has 2 fully saturated rings. The van der Waals surface area contributed by atoms with Crippen molar-refractivity contribution in [3.63, 3.8) is 0 Å². The second-order valence-corrected chi connectivity index (χ2v) is 4.05. The van der Waals surface area contributed by atoms with E-state index in [0.29, 0.717) is 18.0 Å². The van der Waals surface area contributed by atoms with Crippen LogP contribution in [0.5, 0.6) is 0 Å². The number of urea groups is 1. The fraction of sp³-hybridized carbons (Fsp3) is 0.778. The molecule has 0 aromatic heterocycles. The van der Waals surface area contributed by atoms with Gasteiger partial charge in [0.2, 0.25) is 0 Å². The Bertz CT molecular complexity index is 339. The number of carboxylic acid groups (broad SMARTS) is 1. The Hall–Kier alpha value is -1.44. The van der Waals surface area contributed by atoms with Gasteiger partial charge < -0.3 is 25.0 Å². The van der Waals surface area contributed by atoms with Crippen LogP contribution in [0, 0.1) is 0 Å². The van der Waals surface area contributed by atoms with Gasteiger partial charge in [-0.2, -0.15) is 0 Å². The van der Waals surface area contributed by atoms with E-state index >= 15 is 0 Å². The maximum absolute atomic E-state index is 12.3. The minimum absolute atomic E-state index is 0.282. The summed E-state index contributed by atoms with van der Waals surface area (Å²) in [5.74, 6) is -1.49. The fourth-order valence-electron chi connectivity index (χ4n) is 2.36. The molecule has 2 unspecified atom stereocenters. The second kappa shape index (κ2) is 4.44. The number of halogens is 2. The molecule has 1 N–H and O–H groups in total. The molecule has 8 heteroatoms. The van der Waals surface area contributed by atoms with Gasteiger partial charge in [0.15, 0.2) is 0 Å². The van der Waals surface area contributed by atoms with E-state index in [4.69, 9.17) is 0 Å². The van der Waals surface area contributed by atoms with Crippen molar-refractivity contribution in [2.45, 2.75) is 18.5 Å². The Morgan fingerprint density at radius 1 is 1.59 bits per heavy atom. The van der Waals surface area contributed by atoms with Crippen molar-refractivity contribution < 1.29 is 23.5 Å². The van der Waals surface area contributed by atoms with Crippen molar-refractivity contribution in [3.8, 4) is 0 Å². The molecular weight excluding hydrogens is 236 g/mol. The minimum atomic E-state index is -2.75. The minimum Gasteiger partial charge on any atom is -0.548 e. The highest BCUT2D eigenvalue weighted by molar-refractivity contribution is 5.87. The number of piperazine rings is 1. The van der Waals surface area contributed by atoms with Crippen molar-refractivity contribution in [2.75, 3.05) is 26.2 Å². The van der Waals surface area contributed by atoms with Gasteiger partial charge in [0.1, 0.15) is 0 Å². The van der Waals surface area contributed by atoms with Gasteiger partial charge in [0, 0.05) is 19.6 Å². The zero-order valence-corrected chi connectivity index (χ0v) is 8.94. The number of carbonyl (C=O) groups is 2. The number of hydrogen-bond donors (Lipinski definition) is 1. The van der Waals surface area contributed by atoms with Crippen molar-refractivity contribution in [3.05, 3.63) is 0 Å². The molecule has 2 aliphatic heterocycles. The first-order chi connectivity index (χ1) is 8.02. The van der Waals surface area contributed by atoms with Gasteiger partial charge in [-0.1, -0.05) is 0 Å². The SMILES string of the molecule is O=C([O-])C1C2CNCCN2C(=O)N1CC(F)F. The smallest absolute Gasteiger partial charge is 0.321 e. The molecule has 0 saturated carbocycles. The van der Waals surface area contributed by atoms with Crippen LogP contribution < -0.4 is 10.4 Å². The number of amides is 2. The number of carbonyl (C=O) groups excluding carboxylic acids is 2. The van der Waals surface area contributed by atoms with E-state index in [1.54, 1.807) is 0 Å². The van der Waals surface area contributed by atoms with E-state index in [1.807, 2.05) is 0 Å². The molecule has 0 aromatic carbocycles. The highest BCUT2D eigenvalue weighted by atomic mass is 19.3. The van der Waals surface area contributed by atoms with Crippen LogP contribution in [0.4, 0.5) is 13.6 Å². The molecule has 2 heterocycles. The lowest BCUT2D eigenvalue weighted by Gasteiger charge is -2.32. The first-order valence-electron chi connectivity index (χ1n) is 5.29. The van der Waals surface area contributed by atoms with E-state index < -0.39 is 37.1 Å². The molecule has 0 bridgehead atoms. The summed E-state index contributed by atoms with van der Waals surface area (Å²) >= 11 is 0. The Balaban J connectivity index is 2.23. The number of hydrogen-bond acceptors (Lipinski definition) is 4. The van der Waals surface area contributed by atoms with Crippen LogP contribution in [0.15, 0.2) is 0 Å². The van der Waals surface area contributed by atoms with Gasteiger partial charge in [-0.3, -0.25) is 0 Å². The molecule has 2 rings (SSSR count). The molecule has 0 aromatic rings. The van der Waals surface area contributed by atoms with Gasteiger partial charge in [-0.05, 0) is 0 Å². The Kier molecular flexibility index (Phi) is 3.14. The highest BCUT2D eigenvalue weighted by Gasteiger charge is 2.47. The van der Waals surface area contributed by atoms with Gasteiger partial charge in [0.25, 0.3) is 6.43 Å². The molecule has 6 nitrogen and oxygen atoms in total. The third kappa shape index (κ3) is 2.04. The number of nitrogens with zero attached hydrogens (tertiary/aromatic N) is 2. The maximum atomic E-state index is 12.3. The number of nitrogens with one attached hydrogen (secondary N) is 1. The van der Waals surface area contributed by atoms with Crippen LogP contribution in [-0.2, 0) is 4.79 Å². The molecule has 0 aliphatic carbocycles. The Morgan fingerprint density at radius 3 is 2.88 bits per heavy atom. The zero-order chi connectivity index (χ0) is 12.6. The first-order valence-corrected chi connectivity index (χ1v) is 5.29. The molecule has 0 radical (unpaired) electrons. The molecule has 17 heavy (non-hydrogen) atoms. The third-order valence-electron chi connectivity index (χ3n) is 3.05. The van der Waals surface area contributed by atoms with Gasteiger partial charge in [0.05, 0.1) is 24.6 Å². The Labute approximate surface area is 96.2 Å². The average Bonchev–Trinajstić information content (AvgIpc) is 2.52. The second-order valence-electron chi connectivity index (χ2n) is 4.05. The topological polar surface area (TPSA) is 75.7 Å². The quantitative estimate of drug-likeness (QED) is 0.631. The van der Waals surface area contributed by atoms with Crippen LogP contribution in [0.3, 0.4) is 0 Å². The molecule has 2 amide bonds. The van der Waals surface area contributed by atoms with Crippen LogP contribution >= 0.6 is 0 Å². The summed E-state index contributed by atoms with van der Waals surface area (Å²) in [7, 11) is 0. The zero-order valence-electron chi connectivity index (χ0n) is 8.94. The summed E-state index contributed by atoms with van der Waals surface area (Å²) in [4.78, 5) is 24.8. The van der Waals surface area contributed by atoms with Gasteiger partial charge in [-0.25, -0.2) is 13.6 Å². The van der Waals surface area contributed by atoms with Crippen molar-refractivity contribution >= 4 is 12.0 Å². The standard InChI is InChI=1S/C9H13F2N3O3/c10-6(11)4-14-7(8(15)16)5-3-12-1-2-13(5)9(14)17/h5-7,12H,1-4H2,(H,15,16)/p-1. The third-order valence-corrected chi connectivity index (χ3v) is 3.05. The summed E-state index contributed by atoms with van der Waals surface area (Å²) in [5.41, 5.74) is 0. The molecule has 0 spiro atoms. The van der Waals surface area contributed by atoms with E-state index in [2.05, 4.69) is 5.32 Å². The molecular formula is C9H12F2N3O3-. The first kappa shape index (κ1) is 12.0. The number of fused-ring (bicyclic) bond motifs is 1. The number of carboxylic acids is 1. The predicted molar refractivity (Wildman–Crippen MR) is 50.3 cm³/mol. The van der Waals surface area contributed by atoms with E-state index in [0.717, 1.165) is 0 Å².